The second-order valence-electron chi connectivity index (χ2n) is 4.67. The van der Waals surface area contributed by atoms with Crippen LogP contribution in [0.1, 0.15) is 11.5 Å². The van der Waals surface area contributed by atoms with E-state index in [1.165, 1.54) is 0 Å². The zero-order valence-corrected chi connectivity index (χ0v) is 12.7. The van der Waals surface area contributed by atoms with Gasteiger partial charge in [-0.1, -0.05) is 18.2 Å². The monoisotopic (exact) mass is 290 g/mol. The van der Waals surface area contributed by atoms with Gasteiger partial charge in [0.25, 0.3) is 0 Å². The van der Waals surface area contributed by atoms with Gasteiger partial charge >= 0.3 is 0 Å². The van der Waals surface area contributed by atoms with Crippen molar-refractivity contribution in [2.75, 3.05) is 19.8 Å². The van der Waals surface area contributed by atoms with Crippen LogP contribution in [-0.2, 0) is 10.5 Å². The average Bonchev–Trinajstić information content (AvgIpc) is 2.81. The van der Waals surface area contributed by atoms with Crippen LogP contribution in [0.15, 0.2) is 34.7 Å². The summed E-state index contributed by atoms with van der Waals surface area (Å²) in [6, 6.07) is 9.82. The number of hydrogen-bond donors (Lipinski definition) is 0. The second-order valence-corrected chi connectivity index (χ2v) is 5.65. The molecule has 20 heavy (non-hydrogen) atoms. The molecule has 106 valence electrons. The molecule has 5 heteroatoms. The van der Waals surface area contributed by atoms with Gasteiger partial charge in [-0.15, -0.1) is 11.8 Å². The molecule has 0 saturated heterocycles. The van der Waals surface area contributed by atoms with Gasteiger partial charge in [-0.25, -0.2) is 4.98 Å². The van der Waals surface area contributed by atoms with E-state index in [-0.39, 0.29) is 5.91 Å². The van der Waals surface area contributed by atoms with Crippen molar-refractivity contribution < 1.29 is 9.21 Å². The fraction of sp³-hybridized carbons (Fsp3) is 0.333. The van der Waals surface area contributed by atoms with Gasteiger partial charge in [0.1, 0.15) is 5.76 Å². The number of carbonyl (C=O) groups excluding carboxylic acids is 1. The van der Waals surface area contributed by atoms with Gasteiger partial charge in [-0.2, -0.15) is 0 Å². The topological polar surface area (TPSA) is 46.3 Å². The largest absolute Gasteiger partial charge is 0.441 e. The fourth-order valence-electron chi connectivity index (χ4n) is 1.63. The summed E-state index contributed by atoms with van der Waals surface area (Å²) in [6.07, 6.45) is 0. The van der Waals surface area contributed by atoms with Gasteiger partial charge in [-0.3, -0.25) is 4.79 Å². The number of thioether (sulfide) groups is 1. The Morgan fingerprint density at radius 1 is 1.30 bits per heavy atom. The Balaban J connectivity index is 2.00. The smallest absolute Gasteiger partial charge is 0.232 e. The van der Waals surface area contributed by atoms with Crippen LogP contribution in [0.25, 0.3) is 11.5 Å². The standard InChI is InChI=1S/C15H18N2O2S/c1-11-13(9-20-10-14(18)17(2)3)16-15(19-11)12-7-5-4-6-8-12/h4-8H,9-10H2,1-3H3. The Kier molecular flexibility index (Phi) is 4.84. The molecule has 1 aromatic heterocycles. The Hall–Kier alpha value is -1.75. The summed E-state index contributed by atoms with van der Waals surface area (Å²) in [5, 5.41) is 0. The molecular weight excluding hydrogens is 272 g/mol. The lowest BCUT2D eigenvalue weighted by Crippen LogP contribution is -2.23. The minimum absolute atomic E-state index is 0.111. The third-order valence-electron chi connectivity index (χ3n) is 2.88. The fourth-order valence-corrected chi connectivity index (χ4v) is 2.63. The summed E-state index contributed by atoms with van der Waals surface area (Å²) in [5.41, 5.74) is 1.87. The number of nitrogens with zero attached hydrogens (tertiary/aromatic N) is 2. The summed E-state index contributed by atoms with van der Waals surface area (Å²) >= 11 is 1.55. The molecule has 0 aliphatic rings. The molecule has 1 aromatic carbocycles. The number of aryl methyl sites for hydroxylation is 1. The molecule has 2 aromatic rings. The first kappa shape index (κ1) is 14.7. The Bertz CT molecular complexity index is 579. The maximum Gasteiger partial charge on any atom is 0.232 e. The van der Waals surface area contributed by atoms with Gasteiger partial charge in [0.05, 0.1) is 11.4 Å². The number of hydrogen-bond acceptors (Lipinski definition) is 4. The number of rotatable bonds is 5. The zero-order chi connectivity index (χ0) is 14.5. The molecule has 1 heterocycles. The molecule has 0 radical (unpaired) electrons. The number of oxazole rings is 1. The minimum atomic E-state index is 0.111. The number of aromatic nitrogens is 1. The van der Waals surface area contributed by atoms with Crippen molar-refractivity contribution in [1.82, 2.24) is 9.88 Å². The molecular formula is C15H18N2O2S. The van der Waals surface area contributed by atoms with E-state index in [9.17, 15) is 4.79 Å². The number of amides is 1. The van der Waals surface area contributed by atoms with Crippen LogP contribution in [-0.4, -0.2) is 35.6 Å². The third kappa shape index (κ3) is 3.63. The van der Waals surface area contributed by atoms with Crippen molar-refractivity contribution in [2.45, 2.75) is 12.7 Å². The van der Waals surface area contributed by atoms with Crippen LogP contribution in [0, 0.1) is 6.92 Å². The van der Waals surface area contributed by atoms with E-state index in [0.29, 0.717) is 17.4 Å². The van der Waals surface area contributed by atoms with Gasteiger partial charge in [0, 0.05) is 25.4 Å². The Labute approximate surface area is 123 Å². The highest BCUT2D eigenvalue weighted by Gasteiger charge is 2.12. The van der Waals surface area contributed by atoms with Crippen molar-refractivity contribution in [3.05, 3.63) is 41.8 Å². The maximum atomic E-state index is 11.5. The normalized spacial score (nSPS) is 10.6. The van der Waals surface area contributed by atoms with Crippen LogP contribution < -0.4 is 0 Å². The Morgan fingerprint density at radius 3 is 2.65 bits per heavy atom. The molecule has 4 nitrogen and oxygen atoms in total. The molecule has 0 fully saturated rings. The van der Waals surface area contributed by atoms with E-state index in [0.717, 1.165) is 17.0 Å². The number of carbonyl (C=O) groups is 1. The van der Waals surface area contributed by atoms with Crippen LogP contribution >= 0.6 is 11.8 Å². The summed E-state index contributed by atoms with van der Waals surface area (Å²) < 4.78 is 5.69. The predicted molar refractivity (Wildman–Crippen MR) is 81.5 cm³/mol. The molecule has 0 aliphatic carbocycles. The average molecular weight is 290 g/mol. The van der Waals surface area contributed by atoms with Gasteiger partial charge in [0.15, 0.2) is 0 Å². The zero-order valence-electron chi connectivity index (χ0n) is 11.9. The highest BCUT2D eigenvalue weighted by molar-refractivity contribution is 7.99. The van der Waals surface area contributed by atoms with E-state index in [1.54, 1.807) is 30.8 Å². The van der Waals surface area contributed by atoms with Crippen LogP contribution in [0.3, 0.4) is 0 Å². The first-order valence-electron chi connectivity index (χ1n) is 6.37. The number of benzene rings is 1. The third-order valence-corrected chi connectivity index (χ3v) is 3.81. The molecule has 1 amide bonds. The van der Waals surface area contributed by atoms with E-state index < -0.39 is 0 Å². The highest BCUT2D eigenvalue weighted by atomic mass is 32.2. The molecule has 0 N–H and O–H groups in total. The summed E-state index contributed by atoms with van der Waals surface area (Å²) in [6.45, 7) is 1.91. The van der Waals surface area contributed by atoms with Crippen molar-refractivity contribution >= 4 is 17.7 Å². The minimum Gasteiger partial charge on any atom is -0.441 e. The van der Waals surface area contributed by atoms with E-state index in [2.05, 4.69) is 4.98 Å². The highest BCUT2D eigenvalue weighted by Crippen LogP contribution is 2.23. The first-order valence-corrected chi connectivity index (χ1v) is 7.53. The first-order chi connectivity index (χ1) is 9.58. The van der Waals surface area contributed by atoms with E-state index in [1.807, 2.05) is 37.3 Å². The lowest BCUT2D eigenvalue weighted by molar-refractivity contribution is -0.125. The lowest BCUT2D eigenvalue weighted by atomic mass is 10.2. The van der Waals surface area contributed by atoms with Crippen molar-refractivity contribution in [3.8, 4) is 11.5 Å². The van der Waals surface area contributed by atoms with Crippen molar-refractivity contribution in [1.29, 1.82) is 0 Å². The van der Waals surface area contributed by atoms with Gasteiger partial charge in [0.2, 0.25) is 11.8 Å². The van der Waals surface area contributed by atoms with Crippen molar-refractivity contribution in [3.63, 3.8) is 0 Å². The van der Waals surface area contributed by atoms with Gasteiger partial charge in [-0.05, 0) is 19.1 Å². The molecule has 0 bridgehead atoms. The molecule has 2 rings (SSSR count). The summed E-state index contributed by atoms with van der Waals surface area (Å²) in [5.74, 6) is 2.70. The van der Waals surface area contributed by atoms with E-state index >= 15 is 0 Å². The van der Waals surface area contributed by atoms with Crippen LogP contribution in [0.5, 0.6) is 0 Å². The summed E-state index contributed by atoms with van der Waals surface area (Å²) in [7, 11) is 3.52. The Morgan fingerprint density at radius 2 is 2.00 bits per heavy atom. The molecule has 0 saturated carbocycles. The lowest BCUT2D eigenvalue weighted by Gasteiger charge is -2.08. The van der Waals surface area contributed by atoms with Crippen LogP contribution in [0.4, 0.5) is 0 Å². The molecule has 0 unspecified atom stereocenters. The summed E-state index contributed by atoms with van der Waals surface area (Å²) in [4.78, 5) is 17.6. The molecule has 0 spiro atoms. The quantitative estimate of drug-likeness (QED) is 0.849. The predicted octanol–water partition coefficient (Wildman–Crippen LogP) is 2.97. The SMILES string of the molecule is Cc1oc(-c2ccccc2)nc1CSCC(=O)N(C)C. The van der Waals surface area contributed by atoms with Crippen molar-refractivity contribution in [2.24, 2.45) is 0 Å². The van der Waals surface area contributed by atoms with Crippen LogP contribution in [0.2, 0.25) is 0 Å². The second kappa shape index (κ2) is 6.61. The van der Waals surface area contributed by atoms with E-state index in [4.69, 9.17) is 4.42 Å². The molecule has 0 atom stereocenters. The van der Waals surface area contributed by atoms with Gasteiger partial charge < -0.3 is 9.32 Å². The maximum absolute atomic E-state index is 11.5. The molecule has 0 aliphatic heterocycles.